The van der Waals surface area contributed by atoms with E-state index in [2.05, 4.69) is 16.4 Å². The minimum absolute atomic E-state index is 0.363. The molecule has 5 heteroatoms. The van der Waals surface area contributed by atoms with E-state index in [1.807, 2.05) is 30.5 Å². The molecule has 92 valence electrons. The number of thioether (sulfide) groups is 1. The van der Waals surface area contributed by atoms with Crippen molar-refractivity contribution < 1.29 is 0 Å². The second kappa shape index (κ2) is 5.84. The molecule has 0 fully saturated rings. The van der Waals surface area contributed by atoms with Crippen molar-refractivity contribution >= 4 is 40.3 Å². The number of rotatable bonds is 4. The molecule has 18 heavy (non-hydrogen) atoms. The average Bonchev–Trinajstić information content (AvgIpc) is 2.40. The van der Waals surface area contributed by atoms with Gasteiger partial charge in [-0.3, -0.25) is 4.98 Å². The van der Waals surface area contributed by atoms with E-state index < -0.39 is 0 Å². The summed E-state index contributed by atoms with van der Waals surface area (Å²) in [5.74, 6) is 0. The molecule has 0 atom stereocenters. The van der Waals surface area contributed by atoms with Crippen LogP contribution in [0, 0.1) is 0 Å². The molecular formula is C13H13N3S2. The lowest BCUT2D eigenvalue weighted by molar-refractivity contribution is 1.30. The molecule has 0 amide bonds. The fraction of sp³-hybridized carbons (Fsp3) is 0.0769. The topological polar surface area (TPSA) is 50.9 Å². The van der Waals surface area contributed by atoms with Crippen LogP contribution in [0.2, 0.25) is 0 Å². The van der Waals surface area contributed by atoms with Crippen molar-refractivity contribution in [2.24, 2.45) is 5.73 Å². The summed E-state index contributed by atoms with van der Waals surface area (Å²) >= 11 is 6.71. The van der Waals surface area contributed by atoms with E-state index >= 15 is 0 Å². The summed E-state index contributed by atoms with van der Waals surface area (Å²) in [4.78, 5) is 5.62. The molecule has 0 saturated heterocycles. The van der Waals surface area contributed by atoms with Crippen LogP contribution in [0.1, 0.15) is 5.56 Å². The first-order valence-electron chi connectivity index (χ1n) is 5.36. The Morgan fingerprint density at radius 2 is 2.06 bits per heavy atom. The highest BCUT2D eigenvalue weighted by molar-refractivity contribution is 7.98. The van der Waals surface area contributed by atoms with Gasteiger partial charge in [0.25, 0.3) is 0 Å². The summed E-state index contributed by atoms with van der Waals surface area (Å²) < 4.78 is 0. The van der Waals surface area contributed by atoms with Gasteiger partial charge in [-0.15, -0.1) is 11.8 Å². The van der Waals surface area contributed by atoms with Crippen LogP contribution in [0.15, 0.2) is 47.6 Å². The fourth-order valence-corrected chi connectivity index (χ4v) is 2.33. The molecule has 3 nitrogen and oxygen atoms in total. The molecule has 0 aliphatic heterocycles. The Morgan fingerprint density at radius 1 is 1.28 bits per heavy atom. The molecule has 0 unspecified atom stereocenters. The van der Waals surface area contributed by atoms with Crippen LogP contribution in [0.25, 0.3) is 0 Å². The predicted molar refractivity (Wildman–Crippen MR) is 81.6 cm³/mol. The van der Waals surface area contributed by atoms with Crippen molar-refractivity contribution in [3.63, 3.8) is 0 Å². The Bertz CT molecular complexity index is 570. The van der Waals surface area contributed by atoms with E-state index in [0.717, 1.165) is 21.8 Å². The molecule has 2 aromatic rings. The molecule has 1 aromatic heterocycles. The van der Waals surface area contributed by atoms with Gasteiger partial charge in [-0.1, -0.05) is 24.4 Å². The van der Waals surface area contributed by atoms with Crippen LogP contribution < -0.4 is 11.1 Å². The Balaban J connectivity index is 2.37. The van der Waals surface area contributed by atoms with Gasteiger partial charge in [0, 0.05) is 16.7 Å². The highest BCUT2D eigenvalue weighted by Crippen LogP contribution is 2.28. The van der Waals surface area contributed by atoms with Crippen LogP contribution in [-0.4, -0.2) is 16.2 Å². The quantitative estimate of drug-likeness (QED) is 0.663. The molecule has 0 aliphatic rings. The summed E-state index contributed by atoms with van der Waals surface area (Å²) in [6, 6.07) is 9.88. The number of nitrogens with two attached hydrogens (primary N) is 1. The molecule has 0 bridgehead atoms. The third-order valence-electron chi connectivity index (χ3n) is 2.46. The largest absolute Gasteiger partial charge is 0.389 e. The molecule has 0 spiro atoms. The van der Waals surface area contributed by atoms with E-state index in [9.17, 15) is 0 Å². The number of thiocarbonyl (C=S) groups is 1. The molecule has 1 heterocycles. The number of nitrogens with one attached hydrogen (secondary N) is 1. The zero-order valence-corrected chi connectivity index (χ0v) is 11.5. The zero-order chi connectivity index (χ0) is 13.0. The standard InChI is InChI=1S/C13H13N3S2/c1-18-12-5-3-2-4-10(12)16-11-8-15-7-6-9(11)13(14)17/h2-8,16H,1H3,(H2,14,17). The van der Waals surface area contributed by atoms with Gasteiger partial charge in [-0.2, -0.15) is 0 Å². The molecule has 0 radical (unpaired) electrons. The maximum absolute atomic E-state index is 5.70. The molecule has 0 aliphatic carbocycles. The molecular weight excluding hydrogens is 262 g/mol. The molecule has 3 N–H and O–H groups in total. The average molecular weight is 275 g/mol. The summed E-state index contributed by atoms with van der Waals surface area (Å²) in [7, 11) is 0. The lowest BCUT2D eigenvalue weighted by Crippen LogP contribution is -2.12. The van der Waals surface area contributed by atoms with Crippen molar-refractivity contribution in [1.29, 1.82) is 0 Å². The number of pyridine rings is 1. The lowest BCUT2D eigenvalue weighted by atomic mass is 10.2. The molecule has 1 aromatic carbocycles. The summed E-state index contributed by atoms with van der Waals surface area (Å²) in [5, 5.41) is 3.32. The van der Waals surface area contributed by atoms with Gasteiger partial charge in [-0.25, -0.2) is 0 Å². The second-order valence-electron chi connectivity index (χ2n) is 3.61. The Hall–Kier alpha value is -1.59. The number of benzene rings is 1. The van der Waals surface area contributed by atoms with Gasteiger partial charge < -0.3 is 11.1 Å². The van der Waals surface area contributed by atoms with Crippen LogP contribution in [0.4, 0.5) is 11.4 Å². The monoisotopic (exact) mass is 275 g/mol. The maximum Gasteiger partial charge on any atom is 0.106 e. The first kappa shape index (κ1) is 12.9. The first-order chi connectivity index (χ1) is 8.72. The highest BCUT2D eigenvalue weighted by Gasteiger charge is 2.07. The lowest BCUT2D eigenvalue weighted by Gasteiger charge is -2.13. The van der Waals surface area contributed by atoms with E-state index in [1.165, 1.54) is 0 Å². The van der Waals surface area contributed by atoms with Crippen molar-refractivity contribution in [2.75, 3.05) is 11.6 Å². The van der Waals surface area contributed by atoms with Crippen LogP contribution in [-0.2, 0) is 0 Å². The van der Waals surface area contributed by atoms with Crippen LogP contribution in [0.5, 0.6) is 0 Å². The van der Waals surface area contributed by atoms with Gasteiger partial charge >= 0.3 is 0 Å². The van der Waals surface area contributed by atoms with Crippen molar-refractivity contribution in [3.8, 4) is 0 Å². The SMILES string of the molecule is CSc1ccccc1Nc1cnccc1C(N)=S. The highest BCUT2D eigenvalue weighted by atomic mass is 32.2. The summed E-state index contributed by atoms with van der Waals surface area (Å²) in [5.41, 5.74) is 8.35. The molecule has 0 saturated carbocycles. The number of nitrogens with zero attached hydrogens (tertiary/aromatic N) is 1. The maximum atomic E-state index is 5.70. The number of anilines is 2. The van der Waals surface area contributed by atoms with Crippen molar-refractivity contribution in [3.05, 3.63) is 48.3 Å². The first-order valence-corrected chi connectivity index (χ1v) is 6.99. The number of para-hydroxylation sites is 1. The fourth-order valence-electron chi connectivity index (χ4n) is 1.60. The van der Waals surface area contributed by atoms with E-state index in [-0.39, 0.29) is 0 Å². The normalized spacial score (nSPS) is 10.1. The van der Waals surface area contributed by atoms with Gasteiger partial charge in [0.1, 0.15) is 4.99 Å². The van der Waals surface area contributed by atoms with E-state index in [4.69, 9.17) is 18.0 Å². The Kier molecular flexibility index (Phi) is 4.17. The van der Waals surface area contributed by atoms with Crippen molar-refractivity contribution in [1.82, 2.24) is 4.98 Å². The van der Waals surface area contributed by atoms with Gasteiger partial charge in [-0.05, 0) is 24.5 Å². The van der Waals surface area contributed by atoms with Gasteiger partial charge in [0.2, 0.25) is 0 Å². The van der Waals surface area contributed by atoms with E-state index in [1.54, 1.807) is 24.2 Å². The van der Waals surface area contributed by atoms with Gasteiger partial charge in [0.05, 0.1) is 17.6 Å². The smallest absolute Gasteiger partial charge is 0.106 e. The number of hydrogen-bond acceptors (Lipinski definition) is 4. The van der Waals surface area contributed by atoms with Gasteiger partial charge in [0.15, 0.2) is 0 Å². The third-order valence-corrected chi connectivity index (χ3v) is 3.48. The summed E-state index contributed by atoms with van der Waals surface area (Å²) in [6.45, 7) is 0. The predicted octanol–water partition coefficient (Wildman–Crippen LogP) is 3.18. The zero-order valence-electron chi connectivity index (χ0n) is 9.88. The van der Waals surface area contributed by atoms with Crippen LogP contribution >= 0.6 is 24.0 Å². The number of aromatic nitrogens is 1. The van der Waals surface area contributed by atoms with Crippen molar-refractivity contribution in [2.45, 2.75) is 4.90 Å². The van der Waals surface area contributed by atoms with E-state index in [0.29, 0.717) is 4.99 Å². The minimum atomic E-state index is 0.363. The Labute approximate surface area is 116 Å². The Morgan fingerprint density at radius 3 is 2.78 bits per heavy atom. The molecule has 2 rings (SSSR count). The minimum Gasteiger partial charge on any atom is -0.389 e. The number of hydrogen-bond donors (Lipinski definition) is 2. The summed E-state index contributed by atoms with van der Waals surface area (Å²) in [6.07, 6.45) is 5.45. The van der Waals surface area contributed by atoms with Crippen LogP contribution in [0.3, 0.4) is 0 Å². The third kappa shape index (κ3) is 2.80. The second-order valence-corrected chi connectivity index (χ2v) is 4.90.